The molecular formula is C13H13BrFN3O. The molecule has 1 aromatic heterocycles. The molecule has 0 atom stereocenters. The standard InChI is InChI=1S/C13H13BrFN3O/c1-7-11(15)13(16-2)18-12(17-7)9-6-8(14)4-5-10(9)19-3/h4-6H,1-3H3,(H,16,17,18). The summed E-state index contributed by atoms with van der Waals surface area (Å²) < 4.78 is 19.9. The van der Waals surface area contributed by atoms with Crippen molar-refractivity contribution < 1.29 is 9.13 Å². The summed E-state index contributed by atoms with van der Waals surface area (Å²) in [5.74, 6) is 0.780. The van der Waals surface area contributed by atoms with Crippen molar-refractivity contribution >= 4 is 21.7 Å². The van der Waals surface area contributed by atoms with Gasteiger partial charge in [-0.15, -0.1) is 0 Å². The van der Waals surface area contributed by atoms with Crippen LogP contribution in [0.1, 0.15) is 5.69 Å². The van der Waals surface area contributed by atoms with Gasteiger partial charge in [0.2, 0.25) is 0 Å². The summed E-state index contributed by atoms with van der Waals surface area (Å²) in [5.41, 5.74) is 0.993. The highest BCUT2D eigenvalue weighted by atomic mass is 79.9. The van der Waals surface area contributed by atoms with Crippen LogP contribution in [-0.4, -0.2) is 24.1 Å². The van der Waals surface area contributed by atoms with E-state index in [4.69, 9.17) is 4.74 Å². The maximum atomic E-state index is 13.7. The number of anilines is 1. The average molecular weight is 326 g/mol. The molecule has 1 N–H and O–H groups in total. The molecular weight excluding hydrogens is 313 g/mol. The molecule has 2 rings (SSSR count). The third kappa shape index (κ3) is 2.68. The van der Waals surface area contributed by atoms with Crippen LogP contribution in [0, 0.1) is 12.7 Å². The summed E-state index contributed by atoms with van der Waals surface area (Å²) in [6.45, 7) is 1.60. The second-order valence-corrected chi connectivity index (χ2v) is 4.81. The Hall–Kier alpha value is -1.69. The Morgan fingerprint density at radius 3 is 2.68 bits per heavy atom. The Balaban J connectivity index is 2.65. The van der Waals surface area contributed by atoms with Crippen molar-refractivity contribution in [1.29, 1.82) is 0 Å². The van der Waals surface area contributed by atoms with Crippen molar-refractivity contribution in [2.24, 2.45) is 0 Å². The molecule has 0 aliphatic carbocycles. The highest BCUT2D eigenvalue weighted by Gasteiger charge is 2.15. The van der Waals surface area contributed by atoms with Gasteiger partial charge in [0.15, 0.2) is 17.5 Å². The van der Waals surface area contributed by atoms with Crippen LogP contribution in [0.2, 0.25) is 0 Å². The number of aryl methyl sites for hydroxylation is 1. The predicted molar refractivity (Wildman–Crippen MR) is 76.0 cm³/mol. The van der Waals surface area contributed by atoms with Gasteiger partial charge >= 0.3 is 0 Å². The van der Waals surface area contributed by atoms with Crippen LogP contribution in [-0.2, 0) is 0 Å². The Morgan fingerprint density at radius 2 is 2.05 bits per heavy atom. The first-order valence-electron chi connectivity index (χ1n) is 5.62. The van der Waals surface area contributed by atoms with Crippen molar-refractivity contribution in [3.63, 3.8) is 0 Å². The van der Waals surface area contributed by atoms with Crippen LogP contribution in [0.4, 0.5) is 10.2 Å². The molecule has 19 heavy (non-hydrogen) atoms. The molecule has 0 saturated carbocycles. The monoisotopic (exact) mass is 325 g/mol. The SMILES string of the molecule is CNc1nc(-c2cc(Br)ccc2OC)nc(C)c1F. The molecule has 0 amide bonds. The Labute approximate surface area is 119 Å². The van der Waals surface area contributed by atoms with Crippen LogP contribution in [0.3, 0.4) is 0 Å². The molecule has 0 aliphatic rings. The van der Waals surface area contributed by atoms with Gasteiger partial charge in [0, 0.05) is 11.5 Å². The Morgan fingerprint density at radius 1 is 1.32 bits per heavy atom. The largest absolute Gasteiger partial charge is 0.496 e. The van der Waals surface area contributed by atoms with E-state index in [0.29, 0.717) is 17.1 Å². The maximum Gasteiger partial charge on any atom is 0.186 e. The highest BCUT2D eigenvalue weighted by molar-refractivity contribution is 9.10. The molecule has 0 spiro atoms. The number of ether oxygens (including phenoxy) is 1. The van der Waals surface area contributed by atoms with E-state index in [1.54, 1.807) is 27.1 Å². The van der Waals surface area contributed by atoms with Crippen LogP contribution >= 0.6 is 15.9 Å². The molecule has 0 radical (unpaired) electrons. The van der Waals surface area contributed by atoms with E-state index < -0.39 is 5.82 Å². The Kier molecular flexibility index (Phi) is 3.99. The van der Waals surface area contributed by atoms with E-state index in [9.17, 15) is 4.39 Å². The van der Waals surface area contributed by atoms with Crippen LogP contribution in [0.5, 0.6) is 5.75 Å². The Bertz CT molecular complexity index is 619. The molecule has 4 nitrogen and oxygen atoms in total. The number of hydrogen-bond acceptors (Lipinski definition) is 4. The fourth-order valence-corrected chi connectivity index (χ4v) is 2.06. The van der Waals surface area contributed by atoms with Gasteiger partial charge in [0.25, 0.3) is 0 Å². The fraction of sp³-hybridized carbons (Fsp3) is 0.231. The minimum Gasteiger partial charge on any atom is -0.496 e. The third-order valence-electron chi connectivity index (χ3n) is 2.66. The van der Waals surface area contributed by atoms with Crippen molar-refractivity contribution in [3.05, 3.63) is 34.2 Å². The zero-order valence-corrected chi connectivity index (χ0v) is 12.4. The molecule has 100 valence electrons. The van der Waals surface area contributed by atoms with E-state index in [-0.39, 0.29) is 11.5 Å². The third-order valence-corrected chi connectivity index (χ3v) is 3.15. The summed E-state index contributed by atoms with van der Waals surface area (Å²) in [5, 5.41) is 2.72. The summed E-state index contributed by atoms with van der Waals surface area (Å²) in [7, 11) is 3.19. The fourth-order valence-electron chi connectivity index (χ4n) is 1.70. The van der Waals surface area contributed by atoms with Crippen molar-refractivity contribution in [2.75, 3.05) is 19.5 Å². The molecule has 1 aromatic carbocycles. The maximum absolute atomic E-state index is 13.7. The average Bonchev–Trinajstić information content (AvgIpc) is 2.41. The quantitative estimate of drug-likeness (QED) is 0.939. The molecule has 0 fully saturated rings. The number of aromatic nitrogens is 2. The van der Waals surface area contributed by atoms with E-state index >= 15 is 0 Å². The predicted octanol–water partition coefficient (Wildman–Crippen LogP) is 3.40. The van der Waals surface area contributed by atoms with Crippen LogP contribution in [0.15, 0.2) is 22.7 Å². The van der Waals surface area contributed by atoms with Gasteiger partial charge in [-0.2, -0.15) is 0 Å². The van der Waals surface area contributed by atoms with Gasteiger partial charge in [-0.1, -0.05) is 15.9 Å². The van der Waals surface area contributed by atoms with Crippen molar-refractivity contribution in [3.8, 4) is 17.1 Å². The minimum atomic E-state index is -0.444. The van der Waals surface area contributed by atoms with Gasteiger partial charge in [-0.25, -0.2) is 14.4 Å². The molecule has 1 heterocycles. The number of rotatable bonds is 3. The van der Waals surface area contributed by atoms with E-state index in [2.05, 4.69) is 31.2 Å². The van der Waals surface area contributed by atoms with Crippen LogP contribution in [0.25, 0.3) is 11.4 Å². The number of methoxy groups -OCH3 is 1. The molecule has 0 unspecified atom stereocenters. The smallest absolute Gasteiger partial charge is 0.186 e. The highest BCUT2D eigenvalue weighted by Crippen LogP contribution is 2.31. The van der Waals surface area contributed by atoms with Gasteiger partial charge in [0.05, 0.1) is 18.4 Å². The summed E-state index contributed by atoms with van der Waals surface area (Å²) in [6, 6.07) is 5.50. The molecule has 0 aliphatic heterocycles. The zero-order valence-electron chi connectivity index (χ0n) is 10.8. The van der Waals surface area contributed by atoms with Crippen molar-refractivity contribution in [2.45, 2.75) is 6.92 Å². The summed E-state index contributed by atoms with van der Waals surface area (Å²) in [4.78, 5) is 8.35. The first-order chi connectivity index (χ1) is 9.06. The zero-order chi connectivity index (χ0) is 14.0. The normalized spacial score (nSPS) is 10.4. The molecule has 0 bridgehead atoms. The topological polar surface area (TPSA) is 47.0 Å². The summed E-state index contributed by atoms with van der Waals surface area (Å²) >= 11 is 3.39. The molecule has 2 aromatic rings. The van der Waals surface area contributed by atoms with Gasteiger partial charge in [-0.05, 0) is 25.1 Å². The number of nitrogens with one attached hydrogen (secondary N) is 1. The van der Waals surface area contributed by atoms with Gasteiger partial charge in [0.1, 0.15) is 5.75 Å². The lowest BCUT2D eigenvalue weighted by molar-refractivity contribution is 0.416. The molecule has 6 heteroatoms. The number of benzene rings is 1. The number of halogens is 2. The second kappa shape index (κ2) is 5.52. The lowest BCUT2D eigenvalue weighted by Crippen LogP contribution is -2.04. The first-order valence-corrected chi connectivity index (χ1v) is 6.42. The van der Waals surface area contributed by atoms with Gasteiger partial charge < -0.3 is 10.1 Å². The van der Waals surface area contributed by atoms with E-state index in [1.807, 2.05) is 12.1 Å². The van der Waals surface area contributed by atoms with Crippen molar-refractivity contribution in [1.82, 2.24) is 9.97 Å². The van der Waals surface area contributed by atoms with Crippen LogP contribution < -0.4 is 10.1 Å². The first kappa shape index (κ1) is 13.7. The lowest BCUT2D eigenvalue weighted by atomic mass is 10.2. The second-order valence-electron chi connectivity index (χ2n) is 3.89. The van der Waals surface area contributed by atoms with E-state index in [0.717, 1.165) is 4.47 Å². The minimum absolute atomic E-state index is 0.171. The lowest BCUT2D eigenvalue weighted by Gasteiger charge is -2.11. The number of hydrogen-bond donors (Lipinski definition) is 1. The van der Waals surface area contributed by atoms with Gasteiger partial charge in [-0.3, -0.25) is 0 Å². The number of nitrogens with zero attached hydrogens (tertiary/aromatic N) is 2. The summed E-state index contributed by atoms with van der Waals surface area (Å²) in [6.07, 6.45) is 0. The van der Waals surface area contributed by atoms with E-state index in [1.165, 1.54) is 0 Å². The molecule has 0 saturated heterocycles.